The summed E-state index contributed by atoms with van der Waals surface area (Å²) >= 11 is 0. The summed E-state index contributed by atoms with van der Waals surface area (Å²) < 4.78 is 0. The first-order chi connectivity index (χ1) is 9.83. The molecule has 106 valence electrons. The first kappa shape index (κ1) is 14.7. The van der Waals surface area contributed by atoms with E-state index in [0.717, 1.165) is 25.8 Å². The molecule has 0 saturated heterocycles. The van der Waals surface area contributed by atoms with Crippen LogP contribution in [0.1, 0.15) is 43.0 Å². The molecular weight excluding hydrogens is 244 g/mol. The summed E-state index contributed by atoms with van der Waals surface area (Å²) in [5.74, 6) is 0. The number of pyridine rings is 1. The van der Waals surface area contributed by atoms with Gasteiger partial charge in [-0.15, -0.1) is 0 Å². The molecule has 1 N–H and O–H groups in total. The SMILES string of the molecule is CCCNC(Cc1ccc(CC)cc1)c1cccnc1. The lowest BCUT2D eigenvalue weighted by Gasteiger charge is -2.19. The van der Waals surface area contributed by atoms with E-state index in [0.29, 0.717) is 6.04 Å². The first-order valence-corrected chi connectivity index (χ1v) is 7.54. The Morgan fingerprint density at radius 3 is 2.40 bits per heavy atom. The Kier molecular flexibility index (Phi) is 5.75. The molecule has 2 heteroatoms. The second-order valence-electron chi connectivity index (χ2n) is 5.17. The molecule has 0 amide bonds. The topological polar surface area (TPSA) is 24.9 Å². The van der Waals surface area contributed by atoms with Gasteiger partial charge in [0.25, 0.3) is 0 Å². The fraction of sp³-hybridized carbons (Fsp3) is 0.389. The van der Waals surface area contributed by atoms with Gasteiger partial charge in [-0.25, -0.2) is 0 Å². The van der Waals surface area contributed by atoms with Gasteiger partial charge in [0.2, 0.25) is 0 Å². The number of aromatic nitrogens is 1. The third-order valence-corrected chi connectivity index (χ3v) is 3.60. The molecule has 0 radical (unpaired) electrons. The second kappa shape index (κ2) is 7.81. The van der Waals surface area contributed by atoms with Gasteiger partial charge in [-0.3, -0.25) is 4.98 Å². The van der Waals surface area contributed by atoms with Crippen molar-refractivity contribution in [1.82, 2.24) is 10.3 Å². The van der Waals surface area contributed by atoms with Crippen LogP contribution in [0, 0.1) is 0 Å². The van der Waals surface area contributed by atoms with Crippen molar-refractivity contribution >= 4 is 0 Å². The maximum Gasteiger partial charge on any atom is 0.0376 e. The van der Waals surface area contributed by atoms with E-state index in [2.05, 4.69) is 54.5 Å². The van der Waals surface area contributed by atoms with E-state index in [1.807, 2.05) is 18.5 Å². The normalized spacial score (nSPS) is 12.3. The van der Waals surface area contributed by atoms with E-state index < -0.39 is 0 Å². The zero-order valence-corrected chi connectivity index (χ0v) is 12.5. The molecule has 1 heterocycles. The molecule has 0 spiro atoms. The van der Waals surface area contributed by atoms with E-state index in [9.17, 15) is 0 Å². The van der Waals surface area contributed by atoms with Gasteiger partial charge in [-0.05, 0) is 48.6 Å². The molecule has 0 aliphatic carbocycles. The fourth-order valence-electron chi connectivity index (χ4n) is 2.36. The second-order valence-corrected chi connectivity index (χ2v) is 5.17. The summed E-state index contributed by atoms with van der Waals surface area (Å²) in [6.45, 7) is 5.42. The highest BCUT2D eigenvalue weighted by Gasteiger charge is 2.11. The maximum atomic E-state index is 4.24. The van der Waals surface area contributed by atoms with Crippen LogP contribution in [0.25, 0.3) is 0 Å². The van der Waals surface area contributed by atoms with Crippen molar-refractivity contribution in [2.24, 2.45) is 0 Å². The lowest BCUT2D eigenvalue weighted by molar-refractivity contribution is 0.528. The molecule has 0 saturated carbocycles. The van der Waals surface area contributed by atoms with Crippen molar-refractivity contribution in [2.45, 2.75) is 39.2 Å². The average molecular weight is 268 g/mol. The molecule has 1 atom stereocenters. The van der Waals surface area contributed by atoms with E-state index in [1.165, 1.54) is 16.7 Å². The van der Waals surface area contributed by atoms with Gasteiger partial charge in [0.15, 0.2) is 0 Å². The van der Waals surface area contributed by atoms with Crippen LogP contribution in [0.15, 0.2) is 48.8 Å². The molecular formula is C18H24N2. The predicted octanol–water partition coefficient (Wildman–Crippen LogP) is 3.93. The van der Waals surface area contributed by atoms with Crippen LogP contribution >= 0.6 is 0 Å². The fourth-order valence-corrected chi connectivity index (χ4v) is 2.36. The van der Waals surface area contributed by atoms with Crippen molar-refractivity contribution in [3.63, 3.8) is 0 Å². The molecule has 20 heavy (non-hydrogen) atoms. The number of nitrogens with one attached hydrogen (secondary N) is 1. The minimum absolute atomic E-state index is 0.344. The van der Waals surface area contributed by atoms with Gasteiger partial charge in [0.1, 0.15) is 0 Å². The molecule has 2 nitrogen and oxygen atoms in total. The van der Waals surface area contributed by atoms with Crippen molar-refractivity contribution in [3.05, 3.63) is 65.5 Å². The summed E-state index contributed by atoms with van der Waals surface area (Å²) in [6.07, 6.45) is 7.05. The molecule has 0 fully saturated rings. The molecule has 1 aromatic heterocycles. The van der Waals surface area contributed by atoms with Crippen molar-refractivity contribution in [1.29, 1.82) is 0 Å². The third kappa shape index (κ3) is 4.17. The van der Waals surface area contributed by atoms with Gasteiger partial charge in [0, 0.05) is 18.4 Å². The monoisotopic (exact) mass is 268 g/mol. The molecule has 0 aliphatic rings. The summed E-state index contributed by atoms with van der Waals surface area (Å²) in [4.78, 5) is 4.24. The van der Waals surface area contributed by atoms with Gasteiger partial charge in [0.05, 0.1) is 0 Å². The number of nitrogens with zero attached hydrogens (tertiary/aromatic N) is 1. The van der Waals surface area contributed by atoms with Crippen molar-refractivity contribution in [3.8, 4) is 0 Å². The third-order valence-electron chi connectivity index (χ3n) is 3.60. The Balaban J connectivity index is 2.10. The number of benzene rings is 1. The zero-order valence-electron chi connectivity index (χ0n) is 12.5. The summed E-state index contributed by atoms with van der Waals surface area (Å²) in [5, 5.41) is 3.62. The summed E-state index contributed by atoms with van der Waals surface area (Å²) in [5.41, 5.74) is 4.04. The Morgan fingerprint density at radius 2 is 1.80 bits per heavy atom. The van der Waals surface area contributed by atoms with Gasteiger partial charge >= 0.3 is 0 Å². The largest absolute Gasteiger partial charge is 0.310 e. The Labute approximate surface area is 122 Å². The highest BCUT2D eigenvalue weighted by Crippen LogP contribution is 2.18. The van der Waals surface area contributed by atoms with Crippen molar-refractivity contribution < 1.29 is 0 Å². The first-order valence-electron chi connectivity index (χ1n) is 7.54. The smallest absolute Gasteiger partial charge is 0.0376 e. The lowest BCUT2D eigenvalue weighted by atomic mass is 9.99. The number of hydrogen-bond acceptors (Lipinski definition) is 2. The lowest BCUT2D eigenvalue weighted by Crippen LogP contribution is -2.24. The molecule has 1 aromatic carbocycles. The predicted molar refractivity (Wildman–Crippen MR) is 84.8 cm³/mol. The van der Waals surface area contributed by atoms with E-state index in [4.69, 9.17) is 0 Å². The van der Waals surface area contributed by atoms with Crippen molar-refractivity contribution in [2.75, 3.05) is 6.54 Å². The Bertz CT molecular complexity index is 491. The molecule has 1 unspecified atom stereocenters. The quantitative estimate of drug-likeness (QED) is 0.823. The van der Waals surface area contributed by atoms with Crippen LogP contribution in [-0.2, 0) is 12.8 Å². The van der Waals surface area contributed by atoms with Crippen LogP contribution in [0.2, 0.25) is 0 Å². The standard InChI is InChI=1S/C18H24N2/c1-3-11-20-18(17-6-5-12-19-14-17)13-16-9-7-15(4-2)8-10-16/h5-10,12,14,18,20H,3-4,11,13H2,1-2H3. The summed E-state index contributed by atoms with van der Waals surface area (Å²) in [7, 11) is 0. The molecule has 2 rings (SSSR count). The Hall–Kier alpha value is -1.67. The highest BCUT2D eigenvalue weighted by atomic mass is 14.9. The number of rotatable bonds is 7. The molecule has 0 aliphatic heterocycles. The Morgan fingerprint density at radius 1 is 1.05 bits per heavy atom. The van der Waals surface area contributed by atoms with Gasteiger partial charge < -0.3 is 5.32 Å². The van der Waals surface area contributed by atoms with Crippen LogP contribution in [0.5, 0.6) is 0 Å². The molecule has 0 bridgehead atoms. The van der Waals surface area contributed by atoms with Crippen LogP contribution in [0.3, 0.4) is 0 Å². The summed E-state index contributed by atoms with van der Waals surface area (Å²) in [6, 6.07) is 13.5. The van der Waals surface area contributed by atoms with Crippen LogP contribution in [0.4, 0.5) is 0 Å². The zero-order chi connectivity index (χ0) is 14.2. The van der Waals surface area contributed by atoms with E-state index >= 15 is 0 Å². The minimum Gasteiger partial charge on any atom is -0.310 e. The van der Waals surface area contributed by atoms with Crippen LogP contribution in [-0.4, -0.2) is 11.5 Å². The molecule has 2 aromatic rings. The average Bonchev–Trinajstić information content (AvgIpc) is 2.53. The minimum atomic E-state index is 0.344. The van der Waals surface area contributed by atoms with E-state index in [1.54, 1.807) is 0 Å². The van der Waals surface area contributed by atoms with Crippen LogP contribution < -0.4 is 5.32 Å². The highest BCUT2D eigenvalue weighted by molar-refractivity contribution is 5.25. The van der Waals surface area contributed by atoms with E-state index in [-0.39, 0.29) is 0 Å². The number of hydrogen-bond donors (Lipinski definition) is 1. The number of aryl methyl sites for hydroxylation is 1. The maximum absolute atomic E-state index is 4.24. The van der Waals surface area contributed by atoms with Gasteiger partial charge in [-0.1, -0.05) is 44.2 Å². The van der Waals surface area contributed by atoms with Gasteiger partial charge in [-0.2, -0.15) is 0 Å².